The van der Waals surface area contributed by atoms with Crippen molar-refractivity contribution in [3.05, 3.63) is 70.2 Å². The number of hydrogen-bond donors (Lipinski definition) is 2. The Morgan fingerprint density at radius 3 is 2.59 bits per heavy atom. The predicted molar refractivity (Wildman–Crippen MR) is 89.6 cm³/mol. The van der Waals surface area contributed by atoms with E-state index in [1.54, 1.807) is 18.2 Å². The van der Waals surface area contributed by atoms with Gasteiger partial charge in [0.15, 0.2) is 0 Å². The zero-order valence-corrected chi connectivity index (χ0v) is 13.5. The highest BCUT2D eigenvalue weighted by molar-refractivity contribution is 6.31. The van der Waals surface area contributed by atoms with Gasteiger partial charge in [0.1, 0.15) is 0 Å². The van der Waals surface area contributed by atoms with Crippen LogP contribution < -0.4 is 5.32 Å². The monoisotopic (exact) mass is 317 g/mol. The van der Waals surface area contributed by atoms with Crippen molar-refractivity contribution in [2.75, 3.05) is 6.54 Å². The highest BCUT2D eigenvalue weighted by Gasteiger charge is 2.22. The summed E-state index contributed by atoms with van der Waals surface area (Å²) in [5, 5.41) is 13.2. The molecule has 4 heteroatoms. The summed E-state index contributed by atoms with van der Waals surface area (Å²) in [6.07, 6.45) is 0. The molecule has 2 rings (SSSR count). The van der Waals surface area contributed by atoms with Crippen molar-refractivity contribution in [3.8, 4) is 0 Å². The summed E-state index contributed by atoms with van der Waals surface area (Å²) in [4.78, 5) is 11.0. The highest BCUT2D eigenvalue weighted by atomic mass is 35.5. The van der Waals surface area contributed by atoms with Crippen LogP contribution in [0.1, 0.15) is 35.3 Å². The smallest absolute Gasteiger partial charge is 0.335 e. The van der Waals surface area contributed by atoms with Gasteiger partial charge in [0.2, 0.25) is 0 Å². The predicted octanol–water partition coefficient (Wildman–Crippen LogP) is 4.11. The average molecular weight is 318 g/mol. The third kappa shape index (κ3) is 4.09. The highest BCUT2D eigenvalue weighted by Crippen LogP contribution is 2.29. The molecule has 116 valence electrons. The van der Waals surface area contributed by atoms with Gasteiger partial charge in [0.05, 0.1) is 5.56 Å². The lowest BCUT2D eigenvalue weighted by Gasteiger charge is -2.27. The molecule has 0 aliphatic carbocycles. The van der Waals surface area contributed by atoms with Crippen LogP contribution in [0, 0.1) is 0 Å². The van der Waals surface area contributed by atoms with Crippen molar-refractivity contribution in [1.29, 1.82) is 0 Å². The molecule has 3 nitrogen and oxygen atoms in total. The Morgan fingerprint density at radius 2 is 1.91 bits per heavy atom. The van der Waals surface area contributed by atoms with Crippen LogP contribution in [0.2, 0.25) is 5.02 Å². The number of carboxylic acid groups (broad SMARTS) is 1. The summed E-state index contributed by atoms with van der Waals surface area (Å²) in [6, 6.07) is 14.8. The van der Waals surface area contributed by atoms with E-state index in [0.29, 0.717) is 12.1 Å². The van der Waals surface area contributed by atoms with E-state index >= 15 is 0 Å². The van der Waals surface area contributed by atoms with Crippen LogP contribution in [0.15, 0.2) is 48.5 Å². The molecule has 22 heavy (non-hydrogen) atoms. The lowest BCUT2D eigenvalue weighted by Crippen LogP contribution is -2.32. The number of carboxylic acids is 1. The van der Waals surface area contributed by atoms with Gasteiger partial charge in [-0.1, -0.05) is 55.8 Å². The van der Waals surface area contributed by atoms with Crippen molar-refractivity contribution in [2.24, 2.45) is 0 Å². The van der Waals surface area contributed by atoms with Crippen LogP contribution in [-0.2, 0) is 12.0 Å². The zero-order chi connectivity index (χ0) is 16.2. The minimum absolute atomic E-state index is 0.108. The van der Waals surface area contributed by atoms with E-state index in [2.05, 4.69) is 19.2 Å². The molecule has 0 aromatic heterocycles. The van der Waals surface area contributed by atoms with Gasteiger partial charge in [-0.3, -0.25) is 0 Å². The second-order valence-corrected chi connectivity index (χ2v) is 6.38. The number of halogens is 1. The van der Waals surface area contributed by atoms with Crippen molar-refractivity contribution in [3.63, 3.8) is 0 Å². The van der Waals surface area contributed by atoms with Crippen LogP contribution in [0.5, 0.6) is 0 Å². The molecule has 0 bridgehead atoms. The minimum atomic E-state index is -0.904. The van der Waals surface area contributed by atoms with Crippen molar-refractivity contribution in [1.82, 2.24) is 5.32 Å². The van der Waals surface area contributed by atoms with E-state index < -0.39 is 5.97 Å². The number of benzene rings is 2. The zero-order valence-electron chi connectivity index (χ0n) is 12.8. The summed E-state index contributed by atoms with van der Waals surface area (Å²) in [7, 11) is 0. The van der Waals surface area contributed by atoms with E-state index in [9.17, 15) is 4.79 Å². The maximum absolute atomic E-state index is 11.0. The normalized spacial score (nSPS) is 11.4. The number of carbonyl (C=O) groups is 1. The first-order valence-electron chi connectivity index (χ1n) is 7.18. The topological polar surface area (TPSA) is 49.3 Å². The van der Waals surface area contributed by atoms with Gasteiger partial charge in [0.25, 0.3) is 0 Å². The Labute approximate surface area is 135 Å². The first kappa shape index (κ1) is 16.5. The summed E-state index contributed by atoms with van der Waals surface area (Å²) >= 11 is 6.27. The van der Waals surface area contributed by atoms with Crippen LogP contribution in [0.3, 0.4) is 0 Å². The fraction of sp³-hybridized carbons (Fsp3) is 0.278. The lowest BCUT2D eigenvalue weighted by atomic mass is 9.84. The molecule has 0 aliphatic rings. The second-order valence-electron chi connectivity index (χ2n) is 5.97. The second kappa shape index (κ2) is 6.95. The van der Waals surface area contributed by atoms with Gasteiger partial charge in [-0.05, 0) is 29.3 Å². The molecule has 0 unspecified atom stereocenters. The number of rotatable bonds is 6. The maximum Gasteiger partial charge on any atom is 0.335 e. The number of hydrogen-bond acceptors (Lipinski definition) is 2. The number of nitrogens with one attached hydrogen (secondary N) is 1. The molecule has 0 saturated heterocycles. The first-order chi connectivity index (χ1) is 10.4. The Bertz CT molecular complexity index is 668. The Kier molecular flexibility index (Phi) is 5.22. The fourth-order valence-electron chi connectivity index (χ4n) is 2.44. The SMILES string of the molecule is CC(C)(CNCc1cccc(C(=O)O)c1)c1ccccc1Cl. The van der Waals surface area contributed by atoms with Crippen LogP contribution in [0.4, 0.5) is 0 Å². The fourth-order valence-corrected chi connectivity index (χ4v) is 2.83. The summed E-state index contributed by atoms with van der Waals surface area (Å²) in [5.41, 5.74) is 2.26. The van der Waals surface area contributed by atoms with Gasteiger partial charge >= 0.3 is 5.97 Å². The standard InChI is InChI=1S/C18H20ClNO2/c1-18(2,15-8-3-4-9-16(15)19)12-20-11-13-6-5-7-14(10-13)17(21)22/h3-10,20H,11-12H2,1-2H3,(H,21,22). The number of aromatic carboxylic acids is 1. The summed E-state index contributed by atoms with van der Waals surface area (Å²) in [6.45, 7) is 5.63. The molecule has 0 fully saturated rings. The third-order valence-electron chi connectivity index (χ3n) is 3.67. The van der Waals surface area contributed by atoms with E-state index in [0.717, 1.165) is 22.7 Å². The average Bonchev–Trinajstić information content (AvgIpc) is 2.47. The maximum atomic E-state index is 11.0. The van der Waals surface area contributed by atoms with E-state index in [-0.39, 0.29) is 5.41 Å². The molecule has 0 heterocycles. The molecular weight excluding hydrogens is 298 g/mol. The molecular formula is C18H20ClNO2. The lowest BCUT2D eigenvalue weighted by molar-refractivity contribution is 0.0696. The first-order valence-corrected chi connectivity index (χ1v) is 7.56. The van der Waals surface area contributed by atoms with Gasteiger partial charge in [0, 0.05) is 23.5 Å². The Morgan fingerprint density at radius 1 is 1.18 bits per heavy atom. The van der Waals surface area contributed by atoms with Gasteiger partial charge in [-0.25, -0.2) is 4.79 Å². The quantitative estimate of drug-likeness (QED) is 0.843. The molecule has 2 aromatic rings. The van der Waals surface area contributed by atoms with Crippen LogP contribution in [0.25, 0.3) is 0 Å². The van der Waals surface area contributed by atoms with Crippen molar-refractivity contribution >= 4 is 17.6 Å². The molecule has 2 N–H and O–H groups in total. The largest absolute Gasteiger partial charge is 0.478 e. The molecule has 0 atom stereocenters. The van der Waals surface area contributed by atoms with E-state index in [1.807, 2.05) is 30.3 Å². The summed E-state index contributed by atoms with van der Waals surface area (Å²) < 4.78 is 0. The van der Waals surface area contributed by atoms with E-state index in [1.165, 1.54) is 0 Å². The molecule has 0 radical (unpaired) electrons. The van der Waals surface area contributed by atoms with Crippen molar-refractivity contribution in [2.45, 2.75) is 25.8 Å². The molecule has 0 spiro atoms. The molecule has 2 aromatic carbocycles. The van der Waals surface area contributed by atoms with Gasteiger partial charge < -0.3 is 10.4 Å². The third-order valence-corrected chi connectivity index (χ3v) is 4.00. The van der Waals surface area contributed by atoms with Gasteiger partial charge in [-0.2, -0.15) is 0 Å². The summed E-state index contributed by atoms with van der Waals surface area (Å²) in [5.74, 6) is -0.904. The minimum Gasteiger partial charge on any atom is -0.478 e. The molecule has 0 aliphatic heterocycles. The molecule has 0 saturated carbocycles. The van der Waals surface area contributed by atoms with Crippen LogP contribution in [-0.4, -0.2) is 17.6 Å². The molecule has 0 amide bonds. The van der Waals surface area contributed by atoms with E-state index in [4.69, 9.17) is 16.7 Å². The van der Waals surface area contributed by atoms with Crippen LogP contribution >= 0.6 is 11.6 Å². The van der Waals surface area contributed by atoms with Crippen molar-refractivity contribution < 1.29 is 9.90 Å². The van der Waals surface area contributed by atoms with Gasteiger partial charge in [-0.15, -0.1) is 0 Å². The Balaban J connectivity index is 2.00. The Hall–Kier alpha value is -1.84.